The van der Waals surface area contributed by atoms with Crippen molar-refractivity contribution >= 4 is 17.6 Å². The third kappa shape index (κ3) is 3.20. The summed E-state index contributed by atoms with van der Waals surface area (Å²) in [5.41, 5.74) is 2.61. The smallest absolute Gasteiger partial charge is 0.339 e. The average molecular weight is 392 g/mol. The molecule has 0 aliphatic carbocycles. The Balaban J connectivity index is 1.99. The molecular weight excluding hydrogens is 372 g/mol. The number of carbonyl (C=O) groups excluding carboxylic acids is 1. The largest absolute Gasteiger partial charge is 0.497 e. The van der Waals surface area contributed by atoms with Crippen LogP contribution < -0.4 is 14.8 Å². The third-order valence-corrected chi connectivity index (χ3v) is 5.10. The summed E-state index contributed by atoms with van der Waals surface area (Å²) in [4.78, 5) is 24.4. The van der Waals surface area contributed by atoms with Crippen LogP contribution in [0.5, 0.6) is 11.5 Å². The molecule has 2 aromatic carbocycles. The maximum absolute atomic E-state index is 12.5. The van der Waals surface area contributed by atoms with Crippen LogP contribution in [-0.4, -0.2) is 35.8 Å². The molecule has 0 fully saturated rings. The Bertz CT molecular complexity index is 1100. The standard InChI is InChI=1S/C22H20N2O5/c1-28-14-7-5-6-13(10-14)24-12-17(22(26)27)20-21(24)16(11-19(25)23-20)15-8-3-4-9-18(15)29-2/h3-10,12,16H,11H2,1-2H3,(H,23,25)(H,26,27)/t16-/m1/s1. The summed E-state index contributed by atoms with van der Waals surface area (Å²) < 4.78 is 12.6. The van der Waals surface area contributed by atoms with Crippen LogP contribution in [0.25, 0.3) is 5.69 Å². The maximum atomic E-state index is 12.5. The number of anilines is 1. The fourth-order valence-electron chi connectivity index (χ4n) is 3.82. The number of aromatic carboxylic acids is 1. The van der Waals surface area contributed by atoms with E-state index in [1.54, 1.807) is 18.8 Å². The number of methoxy groups -OCH3 is 2. The molecule has 148 valence electrons. The molecule has 1 amide bonds. The number of rotatable bonds is 5. The van der Waals surface area contributed by atoms with E-state index in [0.29, 0.717) is 22.9 Å². The van der Waals surface area contributed by atoms with Crippen molar-refractivity contribution in [1.29, 1.82) is 0 Å². The lowest BCUT2D eigenvalue weighted by Gasteiger charge is -2.27. The van der Waals surface area contributed by atoms with Gasteiger partial charge in [-0.2, -0.15) is 0 Å². The van der Waals surface area contributed by atoms with Gasteiger partial charge >= 0.3 is 5.97 Å². The van der Waals surface area contributed by atoms with Crippen molar-refractivity contribution in [2.75, 3.05) is 19.5 Å². The SMILES string of the molecule is COc1cccc(-n2cc(C(=O)O)c3c2[C@@H](c2ccccc2OC)CC(=O)N3)c1. The van der Waals surface area contributed by atoms with Crippen LogP contribution >= 0.6 is 0 Å². The summed E-state index contributed by atoms with van der Waals surface area (Å²) in [6, 6.07) is 14.8. The molecule has 0 bridgehead atoms. The van der Waals surface area contributed by atoms with Gasteiger partial charge < -0.3 is 24.5 Å². The van der Waals surface area contributed by atoms with E-state index in [0.717, 1.165) is 11.3 Å². The molecule has 1 aliphatic heterocycles. The zero-order valence-electron chi connectivity index (χ0n) is 16.0. The molecule has 1 aliphatic rings. The summed E-state index contributed by atoms with van der Waals surface area (Å²) in [7, 11) is 3.15. The number of fused-ring (bicyclic) bond motifs is 1. The first kappa shape index (κ1) is 18.6. The Morgan fingerprint density at radius 2 is 1.93 bits per heavy atom. The van der Waals surface area contributed by atoms with Gasteiger partial charge in [0.05, 0.1) is 25.6 Å². The van der Waals surface area contributed by atoms with Gasteiger partial charge in [-0.15, -0.1) is 0 Å². The normalized spacial score (nSPS) is 15.4. The van der Waals surface area contributed by atoms with Crippen LogP contribution in [0.2, 0.25) is 0 Å². The molecular formula is C22H20N2O5. The second-order valence-corrected chi connectivity index (χ2v) is 6.73. The Labute approximate surface area is 167 Å². The Morgan fingerprint density at radius 1 is 1.14 bits per heavy atom. The molecule has 1 atom stereocenters. The molecule has 0 radical (unpaired) electrons. The highest BCUT2D eigenvalue weighted by Crippen LogP contribution is 2.44. The second-order valence-electron chi connectivity index (χ2n) is 6.73. The number of carboxylic acids is 1. The number of hydrogen-bond acceptors (Lipinski definition) is 4. The minimum atomic E-state index is -1.11. The van der Waals surface area contributed by atoms with Crippen LogP contribution in [0.1, 0.15) is 34.0 Å². The van der Waals surface area contributed by atoms with Crippen molar-refractivity contribution in [3.8, 4) is 17.2 Å². The third-order valence-electron chi connectivity index (χ3n) is 5.10. The van der Waals surface area contributed by atoms with E-state index in [9.17, 15) is 14.7 Å². The molecule has 2 N–H and O–H groups in total. The summed E-state index contributed by atoms with van der Waals surface area (Å²) in [6.07, 6.45) is 1.72. The average Bonchev–Trinajstić information content (AvgIpc) is 3.12. The molecule has 0 spiro atoms. The molecule has 0 saturated carbocycles. The number of para-hydroxylation sites is 1. The number of carbonyl (C=O) groups is 2. The number of nitrogens with zero attached hydrogens (tertiary/aromatic N) is 1. The predicted octanol–water partition coefficient (Wildman–Crippen LogP) is 3.67. The van der Waals surface area contributed by atoms with Gasteiger partial charge in [0, 0.05) is 35.9 Å². The van der Waals surface area contributed by atoms with Gasteiger partial charge in [-0.25, -0.2) is 4.79 Å². The first-order chi connectivity index (χ1) is 14.0. The van der Waals surface area contributed by atoms with E-state index in [-0.39, 0.29) is 23.8 Å². The number of aromatic nitrogens is 1. The number of amides is 1. The lowest BCUT2D eigenvalue weighted by molar-refractivity contribution is -0.116. The zero-order chi connectivity index (χ0) is 20.5. The highest BCUT2D eigenvalue weighted by atomic mass is 16.5. The maximum Gasteiger partial charge on any atom is 0.339 e. The number of benzene rings is 2. The first-order valence-electron chi connectivity index (χ1n) is 9.09. The molecule has 1 aromatic heterocycles. The zero-order valence-corrected chi connectivity index (χ0v) is 16.0. The number of hydrogen-bond donors (Lipinski definition) is 2. The number of ether oxygens (including phenoxy) is 2. The van der Waals surface area contributed by atoms with E-state index in [4.69, 9.17) is 9.47 Å². The summed E-state index contributed by atoms with van der Waals surface area (Å²) in [5, 5.41) is 12.5. The van der Waals surface area contributed by atoms with E-state index in [1.165, 1.54) is 6.20 Å². The summed E-state index contributed by atoms with van der Waals surface area (Å²) >= 11 is 0. The molecule has 0 unspecified atom stereocenters. The fraction of sp³-hybridized carbons (Fsp3) is 0.182. The van der Waals surface area contributed by atoms with Gasteiger partial charge in [0.1, 0.15) is 17.1 Å². The van der Waals surface area contributed by atoms with E-state index in [1.807, 2.05) is 48.5 Å². The molecule has 2 heterocycles. The molecule has 29 heavy (non-hydrogen) atoms. The first-order valence-corrected chi connectivity index (χ1v) is 9.09. The van der Waals surface area contributed by atoms with Crippen molar-refractivity contribution in [3.05, 3.63) is 71.5 Å². The van der Waals surface area contributed by atoms with Crippen LogP contribution in [0.4, 0.5) is 5.69 Å². The van der Waals surface area contributed by atoms with Crippen molar-refractivity contribution in [2.24, 2.45) is 0 Å². The van der Waals surface area contributed by atoms with Crippen molar-refractivity contribution in [3.63, 3.8) is 0 Å². The van der Waals surface area contributed by atoms with E-state index in [2.05, 4.69) is 5.32 Å². The minimum absolute atomic E-state index is 0.0377. The topological polar surface area (TPSA) is 89.8 Å². The van der Waals surface area contributed by atoms with Crippen molar-refractivity contribution in [2.45, 2.75) is 12.3 Å². The minimum Gasteiger partial charge on any atom is -0.497 e. The number of carboxylic acid groups (broad SMARTS) is 1. The van der Waals surface area contributed by atoms with Crippen LogP contribution in [-0.2, 0) is 4.79 Å². The molecule has 7 heteroatoms. The van der Waals surface area contributed by atoms with Gasteiger partial charge in [-0.05, 0) is 18.2 Å². The molecule has 4 rings (SSSR count). The van der Waals surface area contributed by atoms with Gasteiger partial charge in [0.25, 0.3) is 0 Å². The molecule has 0 saturated heterocycles. The van der Waals surface area contributed by atoms with Gasteiger partial charge in [-0.3, -0.25) is 4.79 Å². The van der Waals surface area contributed by atoms with Gasteiger partial charge in [0.2, 0.25) is 5.91 Å². The Morgan fingerprint density at radius 3 is 2.66 bits per heavy atom. The second kappa shape index (κ2) is 7.35. The summed E-state index contributed by atoms with van der Waals surface area (Å²) in [6.45, 7) is 0. The predicted molar refractivity (Wildman–Crippen MR) is 107 cm³/mol. The lowest BCUT2D eigenvalue weighted by atomic mass is 9.87. The van der Waals surface area contributed by atoms with Crippen LogP contribution in [0.15, 0.2) is 54.7 Å². The van der Waals surface area contributed by atoms with Gasteiger partial charge in [-0.1, -0.05) is 24.3 Å². The monoisotopic (exact) mass is 392 g/mol. The lowest BCUT2D eigenvalue weighted by Crippen LogP contribution is -2.25. The van der Waals surface area contributed by atoms with Crippen LogP contribution in [0, 0.1) is 0 Å². The van der Waals surface area contributed by atoms with Crippen molar-refractivity contribution in [1.82, 2.24) is 4.57 Å². The highest BCUT2D eigenvalue weighted by molar-refractivity contribution is 6.04. The summed E-state index contributed by atoms with van der Waals surface area (Å²) in [5.74, 6) is -0.415. The molecule has 7 nitrogen and oxygen atoms in total. The van der Waals surface area contributed by atoms with Gasteiger partial charge in [0.15, 0.2) is 0 Å². The highest BCUT2D eigenvalue weighted by Gasteiger charge is 2.35. The Hall–Kier alpha value is -3.74. The van der Waals surface area contributed by atoms with E-state index < -0.39 is 5.97 Å². The quantitative estimate of drug-likeness (QED) is 0.692. The van der Waals surface area contributed by atoms with Crippen LogP contribution in [0.3, 0.4) is 0 Å². The molecule has 3 aromatic rings. The Kier molecular flexibility index (Phi) is 4.72. The van der Waals surface area contributed by atoms with E-state index >= 15 is 0 Å². The fourth-order valence-corrected chi connectivity index (χ4v) is 3.82. The van der Waals surface area contributed by atoms with Crippen molar-refractivity contribution < 1.29 is 24.2 Å². The number of nitrogens with one attached hydrogen (secondary N) is 1.